The van der Waals surface area contributed by atoms with Crippen LogP contribution in [-0.4, -0.2) is 11.7 Å². The second-order valence-corrected chi connectivity index (χ2v) is 4.49. The van der Waals surface area contributed by atoms with Gasteiger partial charge in [0.25, 0.3) is 0 Å². The quantitative estimate of drug-likeness (QED) is 0.820. The van der Waals surface area contributed by atoms with E-state index >= 15 is 0 Å². The second-order valence-electron chi connectivity index (χ2n) is 4.49. The molecule has 2 nitrogen and oxygen atoms in total. The van der Waals surface area contributed by atoms with E-state index in [1.807, 2.05) is 30.3 Å². The highest BCUT2D eigenvalue weighted by Gasteiger charge is 2.04. The van der Waals surface area contributed by atoms with E-state index in [1.54, 1.807) is 12.1 Å². The first-order chi connectivity index (χ1) is 10.3. The Balaban J connectivity index is 2.09. The Bertz CT molecular complexity index is 629. The van der Waals surface area contributed by atoms with Gasteiger partial charge in [0.05, 0.1) is 6.61 Å². The third kappa shape index (κ3) is 4.92. The van der Waals surface area contributed by atoms with Gasteiger partial charge in [0.2, 0.25) is 0 Å². The fraction of sp³-hybridized carbons (Fsp3) is 0.167. The standard InChI is InChI=1S/C18H17FO2/c19-17-10-11-18(16(13-17)9-5-2-6-12-20)21-14-15-7-3-1-4-8-15/h1,3-8,10-11,13,20H,9,12,14H2. The number of hydrogen-bond donors (Lipinski definition) is 1. The van der Waals surface area contributed by atoms with Gasteiger partial charge in [0, 0.05) is 12.0 Å². The van der Waals surface area contributed by atoms with Crippen molar-refractivity contribution in [1.29, 1.82) is 0 Å². The van der Waals surface area contributed by atoms with E-state index in [-0.39, 0.29) is 12.4 Å². The maximum absolute atomic E-state index is 13.3. The molecular formula is C18H17FO2. The van der Waals surface area contributed by atoms with Crippen LogP contribution in [0.3, 0.4) is 0 Å². The normalized spacial score (nSPS) is 9.81. The summed E-state index contributed by atoms with van der Waals surface area (Å²) in [6, 6.07) is 14.3. The summed E-state index contributed by atoms with van der Waals surface area (Å²) in [5.41, 5.74) is 4.64. The van der Waals surface area contributed by atoms with E-state index in [4.69, 9.17) is 9.84 Å². The minimum absolute atomic E-state index is 0.0585. The predicted molar refractivity (Wildman–Crippen MR) is 80.6 cm³/mol. The molecule has 0 aromatic heterocycles. The molecular weight excluding hydrogens is 267 g/mol. The molecule has 0 saturated carbocycles. The van der Waals surface area contributed by atoms with Crippen LogP contribution >= 0.6 is 0 Å². The summed E-state index contributed by atoms with van der Waals surface area (Å²) >= 11 is 0. The van der Waals surface area contributed by atoms with Gasteiger partial charge in [0.1, 0.15) is 18.2 Å². The van der Waals surface area contributed by atoms with E-state index in [0.717, 1.165) is 11.1 Å². The van der Waals surface area contributed by atoms with Gasteiger partial charge in [-0.15, -0.1) is 5.73 Å². The van der Waals surface area contributed by atoms with Gasteiger partial charge in [-0.25, -0.2) is 4.39 Å². The average Bonchev–Trinajstić information content (AvgIpc) is 2.52. The van der Waals surface area contributed by atoms with Crippen LogP contribution in [0.15, 0.2) is 66.4 Å². The summed E-state index contributed by atoms with van der Waals surface area (Å²) in [6.45, 7) is 0.382. The summed E-state index contributed by atoms with van der Waals surface area (Å²) in [5.74, 6) is 0.360. The summed E-state index contributed by atoms with van der Waals surface area (Å²) < 4.78 is 19.1. The SMILES string of the molecule is OCC=C=CCc1cc(F)ccc1OCc1ccccc1. The van der Waals surface area contributed by atoms with Crippen molar-refractivity contribution in [1.82, 2.24) is 0 Å². The molecule has 0 bridgehead atoms. The van der Waals surface area contributed by atoms with Gasteiger partial charge in [-0.1, -0.05) is 30.3 Å². The molecule has 0 radical (unpaired) electrons. The monoisotopic (exact) mass is 284 g/mol. The number of rotatable bonds is 6. The van der Waals surface area contributed by atoms with Crippen LogP contribution in [0.1, 0.15) is 11.1 Å². The van der Waals surface area contributed by atoms with Gasteiger partial charge >= 0.3 is 0 Å². The maximum atomic E-state index is 13.3. The van der Waals surface area contributed by atoms with Crippen LogP contribution in [0.2, 0.25) is 0 Å². The zero-order chi connectivity index (χ0) is 14.9. The fourth-order valence-electron chi connectivity index (χ4n) is 1.89. The number of aliphatic hydroxyl groups is 1. The van der Waals surface area contributed by atoms with Gasteiger partial charge in [-0.3, -0.25) is 0 Å². The molecule has 0 fully saturated rings. The molecule has 3 heteroatoms. The maximum Gasteiger partial charge on any atom is 0.123 e. The van der Waals surface area contributed by atoms with Crippen molar-refractivity contribution in [2.75, 3.05) is 6.61 Å². The molecule has 0 unspecified atom stereocenters. The van der Waals surface area contributed by atoms with E-state index in [0.29, 0.717) is 18.8 Å². The van der Waals surface area contributed by atoms with Gasteiger partial charge in [-0.05, 0) is 35.9 Å². The van der Waals surface area contributed by atoms with Crippen molar-refractivity contribution < 1.29 is 14.2 Å². The molecule has 2 rings (SSSR count). The van der Waals surface area contributed by atoms with Crippen molar-refractivity contribution in [3.05, 3.63) is 83.4 Å². The summed E-state index contributed by atoms with van der Waals surface area (Å²) in [6.07, 6.45) is 3.74. The smallest absolute Gasteiger partial charge is 0.123 e. The molecule has 0 heterocycles. The first-order valence-corrected chi connectivity index (χ1v) is 6.75. The number of hydrogen-bond acceptors (Lipinski definition) is 2. The molecule has 0 spiro atoms. The molecule has 1 N–H and O–H groups in total. The molecule has 21 heavy (non-hydrogen) atoms. The lowest BCUT2D eigenvalue weighted by atomic mass is 10.1. The van der Waals surface area contributed by atoms with Crippen LogP contribution in [0.5, 0.6) is 5.75 Å². The minimum atomic E-state index is -0.295. The highest BCUT2D eigenvalue weighted by atomic mass is 19.1. The van der Waals surface area contributed by atoms with Gasteiger partial charge < -0.3 is 9.84 Å². The highest BCUT2D eigenvalue weighted by molar-refractivity contribution is 5.35. The molecule has 0 aliphatic rings. The lowest BCUT2D eigenvalue weighted by molar-refractivity contribution is 0.303. The van der Waals surface area contributed by atoms with E-state index in [2.05, 4.69) is 5.73 Å². The van der Waals surface area contributed by atoms with E-state index in [9.17, 15) is 4.39 Å². The van der Waals surface area contributed by atoms with Crippen LogP contribution < -0.4 is 4.74 Å². The molecule has 0 atom stereocenters. The second kappa shape index (κ2) is 8.05. The Labute approximate surface area is 123 Å². The number of halogens is 1. The molecule has 0 aliphatic carbocycles. The van der Waals surface area contributed by atoms with Crippen molar-refractivity contribution >= 4 is 0 Å². The molecule has 2 aromatic rings. The summed E-state index contributed by atoms with van der Waals surface area (Å²) in [5, 5.41) is 8.65. The van der Waals surface area contributed by atoms with Crippen LogP contribution in [0.4, 0.5) is 4.39 Å². The molecule has 108 valence electrons. The molecule has 0 amide bonds. The summed E-state index contributed by atoms with van der Waals surface area (Å²) in [4.78, 5) is 0. The van der Waals surface area contributed by atoms with Crippen LogP contribution in [-0.2, 0) is 13.0 Å². The van der Waals surface area contributed by atoms with Crippen LogP contribution in [0.25, 0.3) is 0 Å². The largest absolute Gasteiger partial charge is 0.489 e. The molecule has 0 saturated heterocycles. The van der Waals surface area contributed by atoms with E-state index in [1.165, 1.54) is 18.2 Å². The number of benzene rings is 2. The van der Waals surface area contributed by atoms with Gasteiger partial charge in [-0.2, -0.15) is 0 Å². The third-order valence-electron chi connectivity index (χ3n) is 2.91. The van der Waals surface area contributed by atoms with E-state index < -0.39 is 0 Å². The Kier molecular flexibility index (Phi) is 5.77. The lowest BCUT2D eigenvalue weighted by Crippen LogP contribution is -1.98. The van der Waals surface area contributed by atoms with Crippen molar-refractivity contribution in [2.24, 2.45) is 0 Å². The molecule has 0 aliphatic heterocycles. The van der Waals surface area contributed by atoms with Crippen LogP contribution in [0, 0.1) is 5.82 Å². The zero-order valence-corrected chi connectivity index (χ0v) is 11.6. The highest BCUT2D eigenvalue weighted by Crippen LogP contribution is 2.21. The fourth-order valence-corrected chi connectivity index (χ4v) is 1.89. The number of aliphatic hydroxyl groups excluding tert-OH is 1. The summed E-state index contributed by atoms with van der Waals surface area (Å²) in [7, 11) is 0. The first kappa shape index (κ1) is 15.0. The first-order valence-electron chi connectivity index (χ1n) is 6.75. The zero-order valence-electron chi connectivity index (χ0n) is 11.6. The number of ether oxygens (including phenoxy) is 1. The average molecular weight is 284 g/mol. The third-order valence-corrected chi connectivity index (χ3v) is 2.91. The van der Waals surface area contributed by atoms with Gasteiger partial charge in [0.15, 0.2) is 0 Å². The predicted octanol–water partition coefficient (Wildman–Crippen LogP) is 3.65. The molecule has 2 aromatic carbocycles. The lowest BCUT2D eigenvalue weighted by Gasteiger charge is -2.10. The topological polar surface area (TPSA) is 29.5 Å². The Morgan fingerprint density at radius 2 is 1.90 bits per heavy atom. The Morgan fingerprint density at radius 1 is 1.10 bits per heavy atom. The van der Waals surface area contributed by atoms with Crippen molar-refractivity contribution in [2.45, 2.75) is 13.0 Å². The Morgan fingerprint density at radius 3 is 2.67 bits per heavy atom. The van der Waals surface area contributed by atoms with Crippen molar-refractivity contribution in [3.63, 3.8) is 0 Å². The Hall–Kier alpha value is -2.35. The van der Waals surface area contributed by atoms with Crippen molar-refractivity contribution in [3.8, 4) is 5.75 Å². The minimum Gasteiger partial charge on any atom is -0.489 e.